The van der Waals surface area contributed by atoms with E-state index in [0.29, 0.717) is 19.6 Å². The van der Waals surface area contributed by atoms with Gasteiger partial charge in [0.05, 0.1) is 6.54 Å². The summed E-state index contributed by atoms with van der Waals surface area (Å²) in [6, 6.07) is -0.0386. The van der Waals surface area contributed by atoms with Gasteiger partial charge in [0.2, 0.25) is 0 Å². The zero-order valence-electron chi connectivity index (χ0n) is 9.14. The van der Waals surface area contributed by atoms with E-state index in [1.807, 2.05) is 0 Å². The van der Waals surface area contributed by atoms with Gasteiger partial charge in [-0.2, -0.15) is 8.78 Å². The summed E-state index contributed by atoms with van der Waals surface area (Å²) in [5.74, 6) is -5.99. The number of carboxylic acids is 1. The predicted octanol–water partition coefficient (Wildman–Crippen LogP) is -1.43. The minimum Gasteiger partial charge on any atom is -0.477 e. The Morgan fingerprint density at radius 1 is 1.53 bits per heavy atom. The molecule has 0 aromatic carbocycles. The molecule has 2 atom stereocenters. The number of aliphatic hydroxyl groups excluding tert-OH is 1. The summed E-state index contributed by atoms with van der Waals surface area (Å²) < 4.78 is 26.1. The number of piperazine rings is 1. The lowest BCUT2D eigenvalue weighted by atomic mass is 10.2. The molecule has 0 bridgehead atoms. The zero-order chi connectivity index (χ0) is 12.6. The van der Waals surface area contributed by atoms with Gasteiger partial charge in [-0.05, 0) is 0 Å². The second-order valence-electron chi connectivity index (χ2n) is 4.38. The lowest BCUT2D eigenvalue weighted by molar-refractivity contribution is -0.172. The summed E-state index contributed by atoms with van der Waals surface area (Å²) in [4.78, 5) is 13.2. The molecule has 2 rings (SSSR count). The third-order valence-corrected chi connectivity index (χ3v) is 3.18. The number of carboxylic acid groups (broad SMARTS) is 1. The molecule has 17 heavy (non-hydrogen) atoms. The average Bonchev–Trinajstić information content (AvgIpc) is 2.56. The van der Waals surface area contributed by atoms with E-state index in [9.17, 15) is 18.7 Å². The minimum atomic E-state index is -3.83. The van der Waals surface area contributed by atoms with Crippen LogP contribution in [0.1, 0.15) is 0 Å². The van der Waals surface area contributed by atoms with Crippen LogP contribution in [0.3, 0.4) is 0 Å². The Kier molecular flexibility index (Phi) is 3.30. The minimum absolute atomic E-state index is 0.0386. The Bertz CT molecular complexity index is 316. The Morgan fingerprint density at radius 2 is 2.24 bits per heavy atom. The molecular weight excluding hydrogens is 236 g/mol. The van der Waals surface area contributed by atoms with E-state index < -0.39 is 24.8 Å². The van der Waals surface area contributed by atoms with Crippen LogP contribution in [-0.4, -0.2) is 77.0 Å². The van der Waals surface area contributed by atoms with Crippen LogP contribution in [0.25, 0.3) is 0 Å². The van der Waals surface area contributed by atoms with Crippen molar-refractivity contribution < 1.29 is 23.8 Å². The van der Waals surface area contributed by atoms with E-state index in [1.165, 1.54) is 0 Å². The first-order chi connectivity index (χ1) is 7.92. The molecule has 0 aliphatic carbocycles. The van der Waals surface area contributed by atoms with Crippen LogP contribution in [0.2, 0.25) is 0 Å². The monoisotopic (exact) mass is 251 g/mol. The quantitative estimate of drug-likeness (QED) is 0.571. The van der Waals surface area contributed by atoms with Crippen LogP contribution in [-0.2, 0) is 4.79 Å². The molecule has 8 heteroatoms. The molecule has 3 N–H and O–H groups in total. The van der Waals surface area contributed by atoms with Crippen LogP contribution in [0.4, 0.5) is 8.78 Å². The standard InChI is InChI=1S/C9H15F2N3O3/c10-9(11,7(15)16)5-13-4-6-3-12-1-2-14(6)8(13)17/h6,8,12,17H,1-5H2,(H,15,16)/t6-,8?/m0/s1. The molecule has 2 fully saturated rings. The van der Waals surface area contributed by atoms with Gasteiger partial charge < -0.3 is 15.5 Å². The number of fused-ring (bicyclic) bond motifs is 1. The second kappa shape index (κ2) is 4.45. The van der Waals surface area contributed by atoms with Gasteiger partial charge >= 0.3 is 11.9 Å². The first-order valence-electron chi connectivity index (χ1n) is 5.41. The molecular formula is C9H15F2N3O3. The fourth-order valence-electron chi connectivity index (χ4n) is 2.29. The van der Waals surface area contributed by atoms with Crippen LogP contribution in [0, 0.1) is 0 Å². The molecule has 6 nitrogen and oxygen atoms in total. The highest BCUT2D eigenvalue weighted by Gasteiger charge is 2.47. The maximum Gasteiger partial charge on any atom is 0.375 e. The largest absolute Gasteiger partial charge is 0.477 e. The number of aliphatic hydroxyl groups is 1. The van der Waals surface area contributed by atoms with Crippen molar-refractivity contribution in [1.29, 1.82) is 0 Å². The predicted molar refractivity (Wildman–Crippen MR) is 53.5 cm³/mol. The van der Waals surface area contributed by atoms with E-state index in [1.54, 1.807) is 4.90 Å². The van der Waals surface area contributed by atoms with E-state index in [2.05, 4.69) is 5.32 Å². The molecule has 0 aromatic heterocycles. The fourth-order valence-corrected chi connectivity index (χ4v) is 2.29. The summed E-state index contributed by atoms with van der Waals surface area (Å²) in [7, 11) is 0. The van der Waals surface area contributed by atoms with Crippen molar-refractivity contribution in [1.82, 2.24) is 15.1 Å². The van der Waals surface area contributed by atoms with Crippen molar-refractivity contribution in [2.45, 2.75) is 18.3 Å². The highest BCUT2D eigenvalue weighted by Crippen LogP contribution is 2.24. The normalized spacial score (nSPS) is 31.5. The van der Waals surface area contributed by atoms with Gasteiger partial charge in [0.25, 0.3) is 0 Å². The highest BCUT2D eigenvalue weighted by atomic mass is 19.3. The van der Waals surface area contributed by atoms with Crippen LogP contribution < -0.4 is 5.32 Å². The lowest BCUT2D eigenvalue weighted by Crippen LogP contribution is -2.52. The van der Waals surface area contributed by atoms with Crippen molar-refractivity contribution in [3.8, 4) is 0 Å². The Hall–Kier alpha value is -0.830. The molecule has 98 valence electrons. The van der Waals surface area contributed by atoms with Crippen LogP contribution in [0.5, 0.6) is 0 Å². The van der Waals surface area contributed by atoms with Gasteiger partial charge in [-0.15, -0.1) is 0 Å². The third-order valence-electron chi connectivity index (χ3n) is 3.18. The molecule has 0 aromatic rings. The van der Waals surface area contributed by atoms with E-state index in [4.69, 9.17) is 5.11 Å². The van der Waals surface area contributed by atoms with Gasteiger partial charge in [-0.3, -0.25) is 9.80 Å². The number of aliphatic carboxylic acids is 1. The number of halogens is 2. The van der Waals surface area contributed by atoms with Crippen molar-refractivity contribution >= 4 is 5.97 Å². The fraction of sp³-hybridized carbons (Fsp3) is 0.889. The SMILES string of the molecule is O=C(O)C(F)(F)CN1C[C@@H]2CNCCN2C1O. The molecule has 0 saturated carbocycles. The summed E-state index contributed by atoms with van der Waals surface area (Å²) in [5, 5.41) is 21.3. The summed E-state index contributed by atoms with van der Waals surface area (Å²) in [6.07, 6.45) is -1.12. The number of hydrogen-bond acceptors (Lipinski definition) is 5. The second-order valence-corrected chi connectivity index (χ2v) is 4.38. The smallest absolute Gasteiger partial charge is 0.375 e. The summed E-state index contributed by atoms with van der Waals surface area (Å²) >= 11 is 0. The maximum atomic E-state index is 13.1. The number of alkyl halides is 2. The first-order valence-corrected chi connectivity index (χ1v) is 5.41. The number of nitrogens with one attached hydrogen (secondary N) is 1. The Balaban J connectivity index is 2.01. The molecule has 2 aliphatic heterocycles. The van der Waals surface area contributed by atoms with Crippen molar-refractivity contribution in [3.63, 3.8) is 0 Å². The first kappa shape index (κ1) is 12.6. The highest BCUT2D eigenvalue weighted by molar-refractivity contribution is 5.75. The van der Waals surface area contributed by atoms with Gasteiger partial charge in [-0.25, -0.2) is 4.79 Å². The van der Waals surface area contributed by atoms with Crippen molar-refractivity contribution in [2.75, 3.05) is 32.7 Å². The van der Waals surface area contributed by atoms with Gasteiger partial charge in [0.1, 0.15) is 0 Å². The zero-order valence-corrected chi connectivity index (χ0v) is 9.14. The molecule has 0 radical (unpaired) electrons. The summed E-state index contributed by atoms with van der Waals surface area (Å²) in [5.41, 5.74) is 0. The topological polar surface area (TPSA) is 76.0 Å². The van der Waals surface area contributed by atoms with Gasteiger partial charge in [0.15, 0.2) is 6.35 Å². The van der Waals surface area contributed by atoms with Crippen LogP contribution >= 0.6 is 0 Å². The molecule has 0 spiro atoms. The number of carbonyl (C=O) groups is 1. The maximum absolute atomic E-state index is 13.1. The molecule has 2 aliphatic rings. The van der Waals surface area contributed by atoms with E-state index >= 15 is 0 Å². The lowest BCUT2D eigenvalue weighted by Gasteiger charge is -2.31. The number of rotatable bonds is 3. The van der Waals surface area contributed by atoms with Gasteiger partial charge in [0, 0.05) is 32.2 Å². The molecule has 1 unspecified atom stereocenters. The van der Waals surface area contributed by atoms with E-state index in [0.717, 1.165) is 4.90 Å². The Morgan fingerprint density at radius 3 is 2.82 bits per heavy atom. The van der Waals surface area contributed by atoms with E-state index in [-0.39, 0.29) is 12.6 Å². The Labute approximate surface area is 96.8 Å². The van der Waals surface area contributed by atoms with Gasteiger partial charge in [-0.1, -0.05) is 0 Å². The molecule has 2 saturated heterocycles. The van der Waals surface area contributed by atoms with Crippen LogP contribution in [0.15, 0.2) is 0 Å². The molecule has 0 amide bonds. The van der Waals surface area contributed by atoms with Crippen molar-refractivity contribution in [3.05, 3.63) is 0 Å². The molecule has 2 heterocycles. The number of hydrogen-bond donors (Lipinski definition) is 3. The summed E-state index contributed by atoms with van der Waals surface area (Å²) in [6.45, 7) is 1.16. The number of nitrogens with zero attached hydrogens (tertiary/aromatic N) is 2. The third kappa shape index (κ3) is 2.39. The average molecular weight is 251 g/mol. The van der Waals surface area contributed by atoms with Crippen molar-refractivity contribution in [2.24, 2.45) is 0 Å².